The molecule has 0 saturated carbocycles. The van der Waals surface area contributed by atoms with Crippen molar-refractivity contribution in [1.29, 1.82) is 0 Å². The molecule has 0 amide bonds. The monoisotopic (exact) mass is 302 g/mol. The van der Waals surface area contributed by atoms with E-state index in [2.05, 4.69) is 10.2 Å². The average molecular weight is 303 g/mol. The quantitative estimate of drug-likeness (QED) is 0.808. The summed E-state index contributed by atoms with van der Waals surface area (Å²) in [6.45, 7) is 0.247. The highest BCUT2D eigenvalue weighted by molar-refractivity contribution is 6.31. The SMILES string of the molecule is NCc1nnc(-c2ccc(F)c(Cl)c2)n1-c1ccccc1. The van der Waals surface area contributed by atoms with Crippen LogP contribution in [0.15, 0.2) is 48.5 Å². The van der Waals surface area contributed by atoms with E-state index in [1.807, 2.05) is 34.9 Å². The van der Waals surface area contributed by atoms with Crippen molar-refractivity contribution in [2.24, 2.45) is 5.73 Å². The lowest BCUT2D eigenvalue weighted by molar-refractivity contribution is 0.628. The summed E-state index contributed by atoms with van der Waals surface area (Å²) < 4.78 is 15.2. The molecule has 0 fully saturated rings. The molecule has 0 atom stereocenters. The van der Waals surface area contributed by atoms with Gasteiger partial charge in [0.2, 0.25) is 0 Å². The van der Waals surface area contributed by atoms with E-state index in [1.165, 1.54) is 12.1 Å². The number of benzene rings is 2. The molecule has 3 rings (SSSR count). The van der Waals surface area contributed by atoms with Crippen molar-refractivity contribution in [1.82, 2.24) is 14.8 Å². The Balaban J connectivity index is 2.20. The molecule has 2 N–H and O–H groups in total. The van der Waals surface area contributed by atoms with Crippen molar-refractivity contribution in [2.75, 3.05) is 0 Å². The van der Waals surface area contributed by atoms with Crippen molar-refractivity contribution >= 4 is 11.6 Å². The number of halogens is 2. The van der Waals surface area contributed by atoms with Gasteiger partial charge >= 0.3 is 0 Å². The maximum absolute atomic E-state index is 13.3. The molecule has 21 heavy (non-hydrogen) atoms. The number of nitrogens with two attached hydrogens (primary N) is 1. The van der Waals surface area contributed by atoms with Crippen molar-refractivity contribution in [2.45, 2.75) is 6.54 Å². The first-order valence-corrected chi connectivity index (χ1v) is 6.73. The molecule has 0 aliphatic carbocycles. The fourth-order valence-corrected chi connectivity index (χ4v) is 2.30. The molecule has 106 valence electrons. The zero-order valence-electron chi connectivity index (χ0n) is 11.0. The van der Waals surface area contributed by atoms with Crippen LogP contribution < -0.4 is 5.73 Å². The largest absolute Gasteiger partial charge is 0.324 e. The molecule has 1 heterocycles. The number of nitrogens with zero attached hydrogens (tertiary/aromatic N) is 3. The zero-order valence-corrected chi connectivity index (χ0v) is 11.8. The Labute approximate surface area is 126 Å². The van der Waals surface area contributed by atoms with Gasteiger partial charge in [0.25, 0.3) is 0 Å². The van der Waals surface area contributed by atoms with Gasteiger partial charge in [-0.15, -0.1) is 10.2 Å². The minimum absolute atomic E-state index is 0.0458. The topological polar surface area (TPSA) is 56.7 Å². The first-order chi connectivity index (χ1) is 10.2. The molecule has 2 aromatic carbocycles. The summed E-state index contributed by atoms with van der Waals surface area (Å²) in [5.74, 6) is 0.727. The lowest BCUT2D eigenvalue weighted by atomic mass is 10.2. The third kappa shape index (κ3) is 2.53. The van der Waals surface area contributed by atoms with Crippen LogP contribution in [-0.2, 0) is 6.54 Å². The number of para-hydroxylation sites is 1. The fraction of sp³-hybridized carbons (Fsp3) is 0.0667. The van der Waals surface area contributed by atoms with Crippen molar-refractivity contribution in [3.05, 3.63) is 65.2 Å². The first kappa shape index (κ1) is 13.7. The van der Waals surface area contributed by atoms with Crippen LogP contribution in [0.2, 0.25) is 5.02 Å². The smallest absolute Gasteiger partial charge is 0.168 e. The molecule has 0 radical (unpaired) electrons. The standard InChI is InChI=1S/C15H12ClFN4/c16-12-8-10(6-7-13(12)17)15-20-19-14(9-18)21(15)11-4-2-1-3-5-11/h1-8H,9,18H2. The molecule has 3 aromatic rings. The Bertz CT molecular complexity index is 771. The summed E-state index contributed by atoms with van der Waals surface area (Å²) in [7, 11) is 0. The molecule has 6 heteroatoms. The van der Waals surface area contributed by atoms with E-state index in [9.17, 15) is 4.39 Å². The van der Waals surface area contributed by atoms with Crippen LogP contribution in [0, 0.1) is 5.82 Å². The van der Waals surface area contributed by atoms with Gasteiger partial charge in [-0.05, 0) is 30.3 Å². The van der Waals surface area contributed by atoms with E-state index in [0.29, 0.717) is 17.2 Å². The maximum Gasteiger partial charge on any atom is 0.168 e. The molecular formula is C15H12ClFN4. The molecular weight excluding hydrogens is 291 g/mol. The van der Waals surface area contributed by atoms with E-state index in [4.69, 9.17) is 17.3 Å². The predicted molar refractivity (Wildman–Crippen MR) is 79.7 cm³/mol. The molecule has 0 aliphatic heterocycles. The molecule has 0 unspecified atom stereocenters. The Kier molecular flexibility index (Phi) is 3.68. The van der Waals surface area contributed by atoms with Gasteiger partial charge in [0.1, 0.15) is 5.82 Å². The average Bonchev–Trinajstić information content (AvgIpc) is 2.95. The highest BCUT2D eigenvalue weighted by atomic mass is 35.5. The predicted octanol–water partition coefficient (Wildman–Crippen LogP) is 3.19. The lowest BCUT2D eigenvalue weighted by Crippen LogP contribution is -2.07. The number of hydrogen-bond donors (Lipinski definition) is 1. The van der Waals surface area contributed by atoms with E-state index >= 15 is 0 Å². The van der Waals surface area contributed by atoms with Crippen LogP contribution in [-0.4, -0.2) is 14.8 Å². The van der Waals surface area contributed by atoms with E-state index < -0.39 is 5.82 Å². The fourth-order valence-electron chi connectivity index (χ4n) is 2.12. The zero-order chi connectivity index (χ0) is 14.8. The van der Waals surface area contributed by atoms with E-state index in [1.54, 1.807) is 6.07 Å². The number of aromatic nitrogens is 3. The summed E-state index contributed by atoms with van der Waals surface area (Å²) in [6.07, 6.45) is 0. The van der Waals surface area contributed by atoms with Crippen molar-refractivity contribution < 1.29 is 4.39 Å². The molecule has 0 aliphatic rings. The van der Waals surface area contributed by atoms with Crippen LogP contribution in [0.5, 0.6) is 0 Å². The van der Waals surface area contributed by atoms with Gasteiger partial charge < -0.3 is 5.73 Å². The van der Waals surface area contributed by atoms with Crippen LogP contribution >= 0.6 is 11.6 Å². The molecule has 0 saturated heterocycles. The van der Waals surface area contributed by atoms with Gasteiger partial charge in [-0.1, -0.05) is 29.8 Å². The molecule has 0 spiro atoms. The normalized spacial score (nSPS) is 10.8. The maximum atomic E-state index is 13.3. The van der Waals surface area contributed by atoms with Crippen molar-refractivity contribution in [3.8, 4) is 17.1 Å². The minimum atomic E-state index is -0.467. The molecule has 0 bridgehead atoms. The second-order valence-electron chi connectivity index (χ2n) is 4.44. The lowest BCUT2D eigenvalue weighted by Gasteiger charge is -2.10. The molecule has 1 aromatic heterocycles. The number of rotatable bonds is 3. The van der Waals surface area contributed by atoms with Gasteiger partial charge in [-0.2, -0.15) is 0 Å². The molecule has 4 nitrogen and oxygen atoms in total. The minimum Gasteiger partial charge on any atom is -0.324 e. The Hall–Kier alpha value is -2.24. The van der Waals surface area contributed by atoms with Gasteiger partial charge in [-0.3, -0.25) is 4.57 Å². The summed E-state index contributed by atoms with van der Waals surface area (Å²) >= 11 is 5.85. The van der Waals surface area contributed by atoms with Crippen molar-refractivity contribution in [3.63, 3.8) is 0 Å². The summed E-state index contributed by atoms with van der Waals surface area (Å²) in [5, 5.41) is 8.29. The van der Waals surface area contributed by atoms with Crippen LogP contribution in [0.3, 0.4) is 0 Å². The highest BCUT2D eigenvalue weighted by Crippen LogP contribution is 2.26. The van der Waals surface area contributed by atoms with E-state index in [0.717, 1.165) is 5.69 Å². The third-order valence-corrected chi connectivity index (χ3v) is 3.39. The summed E-state index contributed by atoms with van der Waals surface area (Å²) in [5.41, 5.74) is 7.29. The second kappa shape index (κ2) is 5.63. The Morgan fingerprint density at radius 3 is 2.52 bits per heavy atom. The Morgan fingerprint density at radius 1 is 1.10 bits per heavy atom. The van der Waals surface area contributed by atoms with Gasteiger partial charge in [-0.25, -0.2) is 4.39 Å². The van der Waals surface area contributed by atoms with Crippen LogP contribution in [0.4, 0.5) is 4.39 Å². The van der Waals surface area contributed by atoms with Gasteiger partial charge in [0, 0.05) is 11.3 Å². The van der Waals surface area contributed by atoms with E-state index in [-0.39, 0.29) is 11.6 Å². The first-order valence-electron chi connectivity index (χ1n) is 6.36. The second-order valence-corrected chi connectivity index (χ2v) is 4.85. The highest BCUT2D eigenvalue weighted by Gasteiger charge is 2.15. The third-order valence-electron chi connectivity index (χ3n) is 3.10. The van der Waals surface area contributed by atoms with Gasteiger partial charge in [0.15, 0.2) is 11.6 Å². The number of hydrogen-bond acceptors (Lipinski definition) is 3. The van der Waals surface area contributed by atoms with Gasteiger partial charge in [0.05, 0.1) is 11.6 Å². The summed E-state index contributed by atoms with van der Waals surface area (Å²) in [4.78, 5) is 0. The van der Waals surface area contributed by atoms with Crippen LogP contribution in [0.25, 0.3) is 17.1 Å². The Morgan fingerprint density at radius 2 is 1.86 bits per heavy atom. The summed E-state index contributed by atoms with van der Waals surface area (Å²) in [6, 6.07) is 14.1. The van der Waals surface area contributed by atoms with Crippen LogP contribution in [0.1, 0.15) is 5.82 Å².